The van der Waals surface area contributed by atoms with Gasteiger partial charge in [0.1, 0.15) is 6.04 Å². The summed E-state index contributed by atoms with van der Waals surface area (Å²) in [6, 6.07) is 7.69. The maximum atomic E-state index is 11.8. The van der Waals surface area contributed by atoms with E-state index in [1.807, 2.05) is 18.2 Å². The molecule has 3 heteroatoms. The van der Waals surface area contributed by atoms with E-state index in [1.54, 1.807) is 0 Å². The van der Waals surface area contributed by atoms with Gasteiger partial charge in [-0.1, -0.05) is 30.7 Å². The van der Waals surface area contributed by atoms with Gasteiger partial charge in [-0.05, 0) is 55.8 Å². The van der Waals surface area contributed by atoms with Crippen molar-refractivity contribution in [3.63, 3.8) is 0 Å². The fourth-order valence-electron chi connectivity index (χ4n) is 3.19. The summed E-state index contributed by atoms with van der Waals surface area (Å²) >= 11 is 0. The third-order valence-electron chi connectivity index (χ3n) is 4.30. The van der Waals surface area contributed by atoms with Gasteiger partial charge in [-0.2, -0.15) is 0 Å². The van der Waals surface area contributed by atoms with Crippen molar-refractivity contribution in [2.24, 2.45) is 0 Å². The van der Waals surface area contributed by atoms with Crippen LogP contribution in [0.2, 0.25) is 0 Å². The molecule has 0 radical (unpaired) electrons. The van der Waals surface area contributed by atoms with Crippen molar-refractivity contribution in [2.45, 2.75) is 44.1 Å². The second-order valence-electron chi connectivity index (χ2n) is 5.74. The molecule has 19 heavy (non-hydrogen) atoms. The van der Waals surface area contributed by atoms with Crippen molar-refractivity contribution in [3.8, 4) is 0 Å². The maximum absolute atomic E-state index is 11.8. The highest BCUT2D eigenvalue weighted by Crippen LogP contribution is 2.44. The first-order chi connectivity index (χ1) is 9.27. The number of carbonyl (C=O) groups is 1. The van der Waals surface area contributed by atoms with E-state index in [-0.39, 0.29) is 0 Å². The molecule has 102 valence electrons. The van der Waals surface area contributed by atoms with Gasteiger partial charge >= 0.3 is 5.97 Å². The van der Waals surface area contributed by atoms with Crippen LogP contribution in [0.1, 0.15) is 55.2 Å². The number of likely N-dealkylation sites (tertiary alicyclic amines) is 1. The minimum absolute atomic E-state index is 0.447. The molecule has 1 aromatic rings. The fraction of sp³-hybridized carbons (Fsp3) is 0.562. The Morgan fingerprint density at radius 1 is 1.16 bits per heavy atom. The van der Waals surface area contributed by atoms with E-state index >= 15 is 0 Å². The lowest BCUT2D eigenvalue weighted by atomic mass is 9.94. The molecule has 1 unspecified atom stereocenters. The van der Waals surface area contributed by atoms with Crippen molar-refractivity contribution in [1.29, 1.82) is 0 Å². The molecule has 0 amide bonds. The molecule has 0 spiro atoms. The zero-order chi connectivity index (χ0) is 13.2. The normalized spacial score (nSPS) is 22.1. The molecule has 2 aliphatic rings. The van der Waals surface area contributed by atoms with Crippen LogP contribution in [0, 0.1) is 0 Å². The van der Waals surface area contributed by atoms with Crippen molar-refractivity contribution < 1.29 is 9.90 Å². The van der Waals surface area contributed by atoms with Gasteiger partial charge in [0, 0.05) is 0 Å². The summed E-state index contributed by atoms with van der Waals surface area (Å²) in [5, 5.41) is 9.66. The monoisotopic (exact) mass is 259 g/mol. The van der Waals surface area contributed by atoms with Crippen LogP contribution >= 0.6 is 0 Å². The van der Waals surface area contributed by atoms with Crippen molar-refractivity contribution in [1.82, 2.24) is 4.90 Å². The van der Waals surface area contributed by atoms with Crippen LogP contribution in [0.15, 0.2) is 24.3 Å². The van der Waals surface area contributed by atoms with Gasteiger partial charge in [-0.3, -0.25) is 9.69 Å². The van der Waals surface area contributed by atoms with Crippen LogP contribution < -0.4 is 0 Å². The third kappa shape index (κ3) is 2.66. The highest BCUT2D eigenvalue weighted by Gasteiger charge is 2.34. The molecule has 1 aliphatic carbocycles. The van der Waals surface area contributed by atoms with Crippen LogP contribution in [0.3, 0.4) is 0 Å². The van der Waals surface area contributed by atoms with Gasteiger partial charge in [0.2, 0.25) is 0 Å². The molecule has 0 bridgehead atoms. The number of carboxylic acids is 1. The van der Waals surface area contributed by atoms with Crippen LogP contribution in [0.5, 0.6) is 0 Å². The Hall–Kier alpha value is -1.35. The Morgan fingerprint density at radius 3 is 2.47 bits per heavy atom. The number of hydrogen-bond donors (Lipinski definition) is 1. The average Bonchev–Trinajstić information content (AvgIpc) is 3.25. The van der Waals surface area contributed by atoms with Crippen LogP contribution in [0.4, 0.5) is 0 Å². The number of benzene rings is 1. The molecular weight excluding hydrogens is 238 g/mol. The summed E-state index contributed by atoms with van der Waals surface area (Å²) in [4.78, 5) is 13.9. The molecule has 1 atom stereocenters. The lowest BCUT2D eigenvalue weighted by Gasteiger charge is -2.33. The number of hydrogen-bond acceptors (Lipinski definition) is 2. The molecule has 3 nitrogen and oxygen atoms in total. The molecule has 1 saturated heterocycles. The van der Waals surface area contributed by atoms with Crippen molar-refractivity contribution in [2.75, 3.05) is 13.1 Å². The zero-order valence-electron chi connectivity index (χ0n) is 11.2. The van der Waals surface area contributed by atoms with E-state index in [2.05, 4.69) is 11.0 Å². The van der Waals surface area contributed by atoms with Gasteiger partial charge in [-0.15, -0.1) is 0 Å². The standard InChI is InChI=1S/C16H21NO2/c18-16(19)15(17-10-4-1-5-11-17)14-7-3-2-6-13(14)12-8-9-12/h2-3,6-7,12,15H,1,4-5,8-11H2,(H,18,19). The van der Waals surface area contributed by atoms with Gasteiger partial charge in [0.05, 0.1) is 0 Å². The lowest BCUT2D eigenvalue weighted by molar-refractivity contribution is -0.144. The van der Waals surface area contributed by atoms with Gasteiger partial charge < -0.3 is 5.11 Å². The van der Waals surface area contributed by atoms with Crippen molar-refractivity contribution >= 4 is 5.97 Å². The second kappa shape index (κ2) is 5.33. The Bertz CT molecular complexity index is 462. The predicted molar refractivity (Wildman–Crippen MR) is 74.2 cm³/mol. The van der Waals surface area contributed by atoms with Crippen LogP contribution in [-0.2, 0) is 4.79 Å². The van der Waals surface area contributed by atoms with Gasteiger partial charge in [0.25, 0.3) is 0 Å². The Labute approximate surface area is 114 Å². The third-order valence-corrected chi connectivity index (χ3v) is 4.30. The maximum Gasteiger partial charge on any atom is 0.325 e. The Morgan fingerprint density at radius 2 is 1.84 bits per heavy atom. The average molecular weight is 259 g/mol. The topological polar surface area (TPSA) is 40.5 Å². The zero-order valence-corrected chi connectivity index (χ0v) is 11.2. The fourth-order valence-corrected chi connectivity index (χ4v) is 3.19. The summed E-state index contributed by atoms with van der Waals surface area (Å²) < 4.78 is 0. The predicted octanol–water partition coefficient (Wildman–Crippen LogP) is 3.18. The minimum atomic E-state index is -0.699. The second-order valence-corrected chi connectivity index (χ2v) is 5.74. The summed E-state index contributed by atoms with van der Waals surface area (Å²) in [5.41, 5.74) is 2.29. The van der Waals surface area contributed by atoms with E-state index < -0.39 is 12.0 Å². The first-order valence-corrected chi connectivity index (χ1v) is 7.33. The van der Waals surface area contributed by atoms with Crippen LogP contribution in [-0.4, -0.2) is 29.1 Å². The first-order valence-electron chi connectivity index (χ1n) is 7.33. The molecule has 2 fully saturated rings. The SMILES string of the molecule is O=C(O)C(c1ccccc1C1CC1)N1CCCCC1. The summed E-state index contributed by atoms with van der Waals surface area (Å²) in [7, 11) is 0. The molecule has 1 aliphatic heterocycles. The molecule has 0 aromatic heterocycles. The summed E-state index contributed by atoms with van der Waals surface area (Å²) in [6.45, 7) is 1.83. The number of aliphatic carboxylic acids is 1. The molecule has 3 rings (SSSR count). The number of nitrogens with zero attached hydrogens (tertiary/aromatic N) is 1. The van der Waals surface area contributed by atoms with Gasteiger partial charge in [-0.25, -0.2) is 0 Å². The molecule has 1 aromatic carbocycles. The van der Waals surface area contributed by atoms with E-state index in [0.717, 1.165) is 31.5 Å². The Kier molecular flexibility index (Phi) is 3.56. The van der Waals surface area contributed by atoms with E-state index in [4.69, 9.17) is 0 Å². The number of rotatable bonds is 4. The lowest BCUT2D eigenvalue weighted by Crippen LogP contribution is -2.38. The highest BCUT2D eigenvalue weighted by atomic mass is 16.4. The quantitative estimate of drug-likeness (QED) is 0.902. The molecular formula is C16H21NO2. The first kappa shape index (κ1) is 12.7. The minimum Gasteiger partial charge on any atom is -0.480 e. The van der Waals surface area contributed by atoms with Crippen LogP contribution in [0.25, 0.3) is 0 Å². The van der Waals surface area contributed by atoms with Crippen molar-refractivity contribution in [3.05, 3.63) is 35.4 Å². The number of piperidine rings is 1. The molecule has 1 heterocycles. The summed E-state index contributed by atoms with van der Waals surface area (Å²) in [6.07, 6.45) is 5.89. The van der Waals surface area contributed by atoms with E-state index in [9.17, 15) is 9.90 Å². The molecule has 1 N–H and O–H groups in total. The van der Waals surface area contributed by atoms with E-state index in [1.165, 1.54) is 24.8 Å². The summed E-state index contributed by atoms with van der Waals surface area (Å²) in [5.74, 6) is -0.0992. The molecule has 1 saturated carbocycles. The Balaban J connectivity index is 1.93. The largest absolute Gasteiger partial charge is 0.480 e. The smallest absolute Gasteiger partial charge is 0.325 e. The van der Waals surface area contributed by atoms with Gasteiger partial charge in [0.15, 0.2) is 0 Å². The van der Waals surface area contributed by atoms with E-state index in [0.29, 0.717) is 5.92 Å². The number of carboxylic acid groups (broad SMARTS) is 1. The highest BCUT2D eigenvalue weighted by molar-refractivity contribution is 5.76.